The van der Waals surface area contributed by atoms with Crippen LogP contribution in [0.1, 0.15) is 19.4 Å². The molecule has 0 saturated heterocycles. The first-order chi connectivity index (χ1) is 7.54. The molecule has 0 radical (unpaired) electrons. The SMILES string of the molecule is CCOc1ccc(/C=C(\C)C(=O)O)cc1F. The van der Waals surface area contributed by atoms with Crippen LogP contribution in [0, 0.1) is 5.82 Å². The third-order valence-corrected chi connectivity index (χ3v) is 1.98. The highest BCUT2D eigenvalue weighted by molar-refractivity contribution is 5.91. The van der Waals surface area contributed by atoms with Gasteiger partial charge in [0.1, 0.15) is 0 Å². The second-order valence-corrected chi connectivity index (χ2v) is 3.26. The Bertz CT molecular complexity index is 424. The summed E-state index contributed by atoms with van der Waals surface area (Å²) >= 11 is 0. The largest absolute Gasteiger partial charge is 0.491 e. The molecule has 1 rings (SSSR count). The number of aliphatic carboxylic acids is 1. The minimum Gasteiger partial charge on any atom is -0.491 e. The Morgan fingerprint density at radius 2 is 2.25 bits per heavy atom. The zero-order valence-electron chi connectivity index (χ0n) is 9.16. The average Bonchev–Trinajstić information content (AvgIpc) is 2.22. The molecule has 0 amide bonds. The van der Waals surface area contributed by atoms with Crippen molar-refractivity contribution in [2.75, 3.05) is 6.61 Å². The third kappa shape index (κ3) is 3.08. The van der Waals surface area contributed by atoms with Crippen molar-refractivity contribution >= 4 is 12.0 Å². The molecule has 0 bridgehead atoms. The lowest BCUT2D eigenvalue weighted by molar-refractivity contribution is -0.132. The van der Waals surface area contributed by atoms with Crippen LogP contribution in [0.15, 0.2) is 23.8 Å². The van der Waals surface area contributed by atoms with Crippen LogP contribution < -0.4 is 4.74 Å². The summed E-state index contributed by atoms with van der Waals surface area (Å²) in [7, 11) is 0. The Morgan fingerprint density at radius 3 is 2.75 bits per heavy atom. The molecular weight excluding hydrogens is 211 g/mol. The van der Waals surface area contributed by atoms with Crippen LogP contribution in [0.3, 0.4) is 0 Å². The van der Waals surface area contributed by atoms with Gasteiger partial charge in [-0.25, -0.2) is 9.18 Å². The highest BCUT2D eigenvalue weighted by Crippen LogP contribution is 2.19. The van der Waals surface area contributed by atoms with Gasteiger partial charge in [-0.1, -0.05) is 6.07 Å². The maximum atomic E-state index is 13.4. The molecule has 0 fully saturated rings. The fraction of sp³-hybridized carbons (Fsp3) is 0.250. The van der Waals surface area contributed by atoms with E-state index in [9.17, 15) is 9.18 Å². The quantitative estimate of drug-likeness (QED) is 0.800. The van der Waals surface area contributed by atoms with Gasteiger partial charge in [0.2, 0.25) is 0 Å². The van der Waals surface area contributed by atoms with E-state index in [0.717, 1.165) is 0 Å². The van der Waals surface area contributed by atoms with Gasteiger partial charge in [-0.2, -0.15) is 0 Å². The van der Waals surface area contributed by atoms with Crippen molar-refractivity contribution in [3.63, 3.8) is 0 Å². The fourth-order valence-corrected chi connectivity index (χ4v) is 1.19. The number of carboxylic acid groups (broad SMARTS) is 1. The lowest BCUT2D eigenvalue weighted by atomic mass is 10.1. The number of rotatable bonds is 4. The van der Waals surface area contributed by atoms with Crippen molar-refractivity contribution in [2.45, 2.75) is 13.8 Å². The van der Waals surface area contributed by atoms with Crippen LogP contribution in [0.4, 0.5) is 4.39 Å². The summed E-state index contributed by atoms with van der Waals surface area (Å²) in [5, 5.41) is 8.66. The lowest BCUT2D eigenvalue weighted by Crippen LogP contribution is -1.97. The molecular formula is C12H13FO3. The second-order valence-electron chi connectivity index (χ2n) is 3.26. The van der Waals surface area contributed by atoms with Crippen LogP contribution >= 0.6 is 0 Å². The van der Waals surface area contributed by atoms with Crippen LogP contribution in [-0.2, 0) is 4.79 Å². The molecule has 0 aromatic heterocycles. The Balaban J connectivity index is 2.97. The van der Waals surface area contributed by atoms with E-state index >= 15 is 0 Å². The summed E-state index contributed by atoms with van der Waals surface area (Å²) in [6, 6.07) is 4.34. The van der Waals surface area contributed by atoms with Gasteiger partial charge in [0.25, 0.3) is 0 Å². The van der Waals surface area contributed by atoms with E-state index in [2.05, 4.69) is 0 Å². The molecule has 0 aliphatic heterocycles. The van der Waals surface area contributed by atoms with Gasteiger partial charge in [-0.05, 0) is 37.6 Å². The Morgan fingerprint density at radius 1 is 1.56 bits per heavy atom. The molecule has 1 aromatic carbocycles. The minimum atomic E-state index is -1.02. The summed E-state index contributed by atoms with van der Waals surface area (Å²) in [5.41, 5.74) is 0.657. The second kappa shape index (κ2) is 5.30. The van der Waals surface area contributed by atoms with Gasteiger partial charge in [-0.3, -0.25) is 0 Å². The molecule has 0 atom stereocenters. The molecule has 4 heteroatoms. The van der Waals surface area contributed by atoms with Crippen molar-refractivity contribution in [1.29, 1.82) is 0 Å². The van der Waals surface area contributed by atoms with E-state index in [1.165, 1.54) is 25.1 Å². The van der Waals surface area contributed by atoms with Gasteiger partial charge >= 0.3 is 5.97 Å². The van der Waals surface area contributed by atoms with Crippen LogP contribution in [0.25, 0.3) is 6.08 Å². The van der Waals surface area contributed by atoms with E-state index in [-0.39, 0.29) is 11.3 Å². The smallest absolute Gasteiger partial charge is 0.331 e. The summed E-state index contributed by atoms with van der Waals surface area (Å²) in [6.07, 6.45) is 1.40. The van der Waals surface area contributed by atoms with Crippen LogP contribution in [0.5, 0.6) is 5.75 Å². The number of hydrogen-bond acceptors (Lipinski definition) is 2. The van der Waals surface area contributed by atoms with Crippen molar-refractivity contribution in [3.8, 4) is 5.75 Å². The number of carbonyl (C=O) groups is 1. The Kier molecular flexibility index (Phi) is 4.05. The van der Waals surface area contributed by atoms with Crippen molar-refractivity contribution < 1.29 is 19.0 Å². The number of hydrogen-bond donors (Lipinski definition) is 1. The van der Waals surface area contributed by atoms with E-state index in [4.69, 9.17) is 9.84 Å². The van der Waals surface area contributed by atoms with Gasteiger partial charge in [0.15, 0.2) is 11.6 Å². The number of benzene rings is 1. The van der Waals surface area contributed by atoms with Crippen LogP contribution in [-0.4, -0.2) is 17.7 Å². The van der Waals surface area contributed by atoms with E-state index in [1.54, 1.807) is 13.0 Å². The first-order valence-corrected chi connectivity index (χ1v) is 4.88. The summed E-state index contributed by atoms with van der Waals surface area (Å²) in [5.74, 6) is -1.34. The Hall–Kier alpha value is -1.84. The molecule has 86 valence electrons. The van der Waals surface area contributed by atoms with Crippen molar-refractivity contribution in [2.24, 2.45) is 0 Å². The first-order valence-electron chi connectivity index (χ1n) is 4.88. The normalized spacial score (nSPS) is 11.3. The summed E-state index contributed by atoms with van der Waals surface area (Å²) in [6.45, 7) is 3.61. The summed E-state index contributed by atoms with van der Waals surface area (Å²) < 4.78 is 18.4. The zero-order valence-corrected chi connectivity index (χ0v) is 9.16. The predicted octanol–water partition coefficient (Wildman–Crippen LogP) is 2.71. The first kappa shape index (κ1) is 12.2. The number of halogens is 1. The molecule has 3 nitrogen and oxygen atoms in total. The van der Waals surface area contributed by atoms with Gasteiger partial charge < -0.3 is 9.84 Å². The van der Waals surface area contributed by atoms with Gasteiger partial charge in [0.05, 0.1) is 6.61 Å². The van der Waals surface area contributed by atoms with Crippen LogP contribution in [0.2, 0.25) is 0 Å². The zero-order chi connectivity index (χ0) is 12.1. The number of carboxylic acids is 1. The topological polar surface area (TPSA) is 46.5 Å². The number of ether oxygens (including phenoxy) is 1. The third-order valence-electron chi connectivity index (χ3n) is 1.98. The minimum absolute atomic E-state index is 0.156. The van der Waals surface area contributed by atoms with E-state index in [0.29, 0.717) is 12.2 Å². The monoisotopic (exact) mass is 224 g/mol. The molecule has 0 heterocycles. The molecule has 0 aliphatic rings. The standard InChI is InChI=1S/C12H13FO3/c1-3-16-11-5-4-9(7-10(11)13)6-8(2)12(14)15/h4-7H,3H2,1-2H3,(H,14,15)/b8-6+. The highest BCUT2D eigenvalue weighted by atomic mass is 19.1. The van der Waals surface area contributed by atoms with Crippen molar-refractivity contribution in [1.82, 2.24) is 0 Å². The molecule has 0 unspecified atom stereocenters. The maximum Gasteiger partial charge on any atom is 0.331 e. The molecule has 1 N–H and O–H groups in total. The van der Waals surface area contributed by atoms with E-state index < -0.39 is 11.8 Å². The predicted molar refractivity (Wildman–Crippen MR) is 58.9 cm³/mol. The van der Waals surface area contributed by atoms with Gasteiger partial charge in [0, 0.05) is 5.57 Å². The highest BCUT2D eigenvalue weighted by Gasteiger charge is 2.04. The van der Waals surface area contributed by atoms with E-state index in [1.807, 2.05) is 0 Å². The molecule has 0 saturated carbocycles. The molecule has 0 spiro atoms. The average molecular weight is 224 g/mol. The fourth-order valence-electron chi connectivity index (χ4n) is 1.19. The molecule has 1 aromatic rings. The lowest BCUT2D eigenvalue weighted by Gasteiger charge is -2.04. The summed E-state index contributed by atoms with van der Waals surface area (Å²) in [4.78, 5) is 10.6. The van der Waals surface area contributed by atoms with Crippen molar-refractivity contribution in [3.05, 3.63) is 35.2 Å². The molecule has 16 heavy (non-hydrogen) atoms. The Labute approximate surface area is 93.2 Å². The maximum absolute atomic E-state index is 13.4. The van der Waals surface area contributed by atoms with Gasteiger partial charge in [-0.15, -0.1) is 0 Å². The molecule has 0 aliphatic carbocycles.